The third kappa shape index (κ3) is 5.40. The van der Waals surface area contributed by atoms with E-state index in [-0.39, 0.29) is 11.8 Å². The van der Waals surface area contributed by atoms with Crippen LogP contribution in [0.1, 0.15) is 25.0 Å². The second kappa shape index (κ2) is 10.1. The minimum atomic E-state index is -0.0683. The van der Waals surface area contributed by atoms with Crippen LogP contribution in [0, 0.1) is 12.8 Å². The monoisotopic (exact) mass is 414 g/mol. The van der Waals surface area contributed by atoms with Gasteiger partial charge in [0.15, 0.2) is 0 Å². The molecule has 1 aliphatic rings. The average molecular weight is 415 g/mol. The Hall–Kier alpha value is -2.38. The molecule has 1 aromatic heterocycles. The lowest BCUT2D eigenvalue weighted by atomic mass is 10.0. The third-order valence-corrected chi connectivity index (χ3v) is 5.33. The van der Waals surface area contributed by atoms with Gasteiger partial charge >= 0.3 is 0 Å². The second-order valence-electron chi connectivity index (χ2n) is 8.50. The molecular weight excluding hydrogens is 380 g/mol. The molecule has 0 atom stereocenters. The summed E-state index contributed by atoms with van der Waals surface area (Å²) in [5.41, 5.74) is 3.96. The van der Waals surface area contributed by atoms with Crippen molar-refractivity contribution in [3.63, 3.8) is 0 Å². The molecule has 1 amide bonds. The number of carbonyl (C=O) groups excluding carboxylic acids is 1. The van der Waals surface area contributed by atoms with Gasteiger partial charge in [-0.2, -0.15) is 0 Å². The Kier molecular flexibility index (Phi) is 7.50. The zero-order chi connectivity index (χ0) is 21.7. The minimum absolute atomic E-state index is 0.0683. The van der Waals surface area contributed by atoms with Gasteiger partial charge in [0.1, 0.15) is 5.69 Å². The molecule has 1 saturated heterocycles. The van der Waals surface area contributed by atoms with Crippen molar-refractivity contribution in [2.24, 2.45) is 5.92 Å². The first-order valence-corrected chi connectivity index (χ1v) is 10.7. The normalized spacial score (nSPS) is 14.6. The zero-order valence-corrected chi connectivity index (χ0v) is 18.9. The molecule has 7 nitrogen and oxygen atoms in total. The highest BCUT2D eigenvalue weighted by atomic mass is 16.5. The molecule has 3 rings (SSSR count). The molecule has 1 fully saturated rings. The topological polar surface area (TPSA) is 62.1 Å². The number of rotatable bonds is 8. The van der Waals surface area contributed by atoms with Gasteiger partial charge in [-0.15, -0.1) is 0 Å². The Bertz CT molecular complexity index is 841. The number of aryl methyl sites for hydroxylation is 1. The maximum absolute atomic E-state index is 13.0. The highest BCUT2D eigenvalue weighted by Gasteiger charge is 2.28. The summed E-state index contributed by atoms with van der Waals surface area (Å²) in [5, 5.41) is 4.45. The van der Waals surface area contributed by atoms with E-state index in [0.29, 0.717) is 26.3 Å². The van der Waals surface area contributed by atoms with E-state index in [9.17, 15) is 4.79 Å². The molecule has 164 valence electrons. The number of ether oxygens (including phenoxy) is 1. The summed E-state index contributed by atoms with van der Waals surface area (Å²) >= 11 is 0. The zero-order valence-electron chi connectivity index (χ0n) is 18.9. The van der Waals surface area contributed by atoms with Crippen molar-refractivity contribution in [1.82, 2.24) is 15.0 Å². The van der Waals surface area contributed by atoms with E-state index in [1.807, 2.05) is 45.0 Å². The summed E-state index contributed by atoms with van der Waals surface area (Å²) in [7, 11) is 4.05. The van der Waals surface area contributed by atoms with Crippen LogP contribution in [-0.4, -0.2) is 74.4 Å². The van der Waals surface area contributed by atoms with Crippen LogP contribution in [0.3, 0.4) is 0 Å². The molecule has 2 heterocycles. The Morgan fingerprint density at radius 1 is 1.20 bits per heavy atom. The van der Waals surface area contributed by atoms with E-state index >= 15 is 0 Å². The quantitative estimate of drug-likeness (QED) is 0.662. The van der Waals surface area contributed by atoms with E-state index in [1.54, 1.807) is 0 Å². The Labute approximate surface area is 179 Å². The van der Waals surface area contributed by atoms with Crippen LogP contribution in [0.4, 0.5) is 5.88 Å². The van der Waals surface area contributed by atoms with E-state index in [0.717, 1.165) is 47.9 Å². The van der Waals surface area contributed by atoms with E-state index in [2.05, 4.69) is 34.0 Å². The van der Waals surface area contributed by atoms with Gasteiger partial charge in [-0.1, -0.05) is 42.8 Å². The summed E-state index contributed by atoms with van der Waals surface area (Å²) in [6, 6.07) is 8.25. The largest absolute Gasteiger partial charge is 0.378 e. The van der Waals surface area contributed by atoms with Gasteiger partial charge in [-0.25, -0.2) is 0 Å². The average Bonchev–Trinajstić information content (AvgIpc) is 3.14. The van der Waals surface area contributed by atoms with Crippen LogP contribution in [0.2, 0.25) is 0 Å². The third-order valence-electron chi connectivity index (χ3n) is 5.33. The van der Waals surface area contributed by atoms with Gasteiger partial charge in [0.05, 0.1) is 25.3 Å². The summed E-state index contributed by atoms with van der Waals surface area (Å²) in [5.74, 6) is 0.823. The maximum atomic E-state index is 13.0. The lowest BCUT2D eigenvalue weighted by Gasteiger charge is -2.29. The number of carbonyl (C=O) groups is 1. The van der Waals surface area contributed by atoms with Gasteiger partial charge in [0.25, 0.3) is 0 Å². The van der Waals surface area contributed by atoms with Crippen LogP contribution in [0.15, 0.2) is 28.8 Å². The molecule has 1 aliphatic heterocycles. The second-order valence-corrected chi connectivity index (χ2v) is 8.50. The van der Waals surface area contributed by atoms with Crippen LogP contribution in [0.5, 0.6) is 0 Å². The van der Waals surface area contributed by atoms with Crippen LogP contribution < -0.4 is 4.90 Å². The van der Waals surface area contributed by atoms with Gasteiger partial charge < -0.3 is 24.0 Å². The Balaban J connectivity index is 1.99. The predicted octanol–water partition coefficient (Wildman–Crippen LogP) is 3.03. The molecule has 0 N–H and O–H groups in total. The smallest absolute Gasteiger partial charge is 0.233 e. The van der Waals surface area contributed by atoms with Crippen LogP contribution in [0.25, 0.3) is 11.3 Å². The lowest BCUT2D eigenvalue weighted by Crippen LogP contribution is -2.40. The fraction of sp³-hybridized carbons (Fsp3) is 0.565. The van der Waals surface area contributed by atoms with Crippen LogP contribution in [-0.2, 0) is 16.1 Å². The number of nitrogens with zero attached hydrogens (tertiary/aromatic N) is 4. The van der Waals surface area contributed by atoms with Crippen molar-refractivity contribution in [1.29, 1.82) is 0 Å². The van der Waals surface area contributed by atoms with Gasteiger partial charge in [-0.05, 0) is 27.1 Å². The Morgan fingerprint density at radius 2 is 1.93 bits per heavy atom. The molecule has 2 aromatic rings. The Morgan fingerprint density at radius 3 is 2.57 bits per heavy atom. The number of hydrogen-bond acceptors (Lipinski definition) is 6. The number of aromatic nitrogens is 1. The SMILES string of the molecule is Cc1cccc(-c2noc(N3CCOCC3)c2CN(CCN(C)C)C(=O)C(C)C)c1. The first-order valence-electron chi connectivity index (χ1n) is 10.7. The molecule has 0 radical (unpaired) electrons. The fourth-order valence-electron chi connectivity index (χ4n) is 3.62. The van der Waals surface area contributed by atoms with Crippen molar-refractivity contribution < 1.29 is 14.1 Å². The number of hydrogen-bond donors (Lipinski definition) is 0. The summed E-state index contributed by atoms with van der Waals surface area (Å²) in [6.07, 6.45) is 0. The molecule has 0 unspecified atom stereocenters. The van der Waals surface area contributed by atoms with Crippen molar-refractivity contribution in [3.8, 4) is 11.3 Å². The molecule has 30 heavy (non-hydrogen) atoms. The number of anilines is 1. The van der Waals surface area contributed by atoms with Crippen molar-refractivity contribution in [2.75, 3.05) is 58.4 Å². The van der Waals surface area contributed by atoms with E-state index in [4.69, 9.17) is 9.26 Å². The van der Waals surface area contributed by atoms with Gasteiger partial charge in [-0.3, -0.25) is 4.79 Å². The summed E-state index contributed by atoms with van der Waals surface area (Å²) < 4.78 is 11.4. The fourth-order valence-corrected chi connectivity index (χ4v) is 3.62. The van der Waals surface area contributed by atoms with E-state index in [1.165, 1.54) is 0 Å². The highest BCUT2D eigenvalue weighted by Crippen LogP contribution is 2.33. The lowest BCUT2D eigenvalue weighted by molar-refractivity contribution is -0.135. The first kappa shape index (κ1) is 22.3. The molecule has 0 saturated carbocycles. The molecule has 1 aromatic carbocycles. The van der Waals surface area contributed by atoms with Crippen molar-refractivity contribution in [2.45, 2.75) is 27.3 Å². The van der Waals surface area contributed by atoms with E-state index < -0.39 is 0 Å². The van der Waals surface area contributed by atoms with Gasteiger partial charge in [0, 0.05) is 37.7 Å². The summed E-state index contributed by atoms with van der Waals surface area (Å²) in [6.45, 7) is 10.7. The molecule has 0 spiro atoms. The number of amides is 1. The maximum Gasteiger partial charge on any atom is 0.233 e. The highest BCUT2D eigenvalue weighted by molar-refractivity contribution is 5.79. The standard InChI is InChI=1S/C23H34N4O3/c1-17(2)22(28)27(10-9-25(4)5)16-20-21(19-8-6-7-18(3)15-19)24-30-23(20)26-11-13-29-14-12-26/h6-8,15,17H,9-14,16H2,1-5H3. The minimum Gasteiger partial charge on any atom is -0.378 e. The molecule has 0 aliphatic carbocycles. The molecule has 0 bridgehead atoms. The van der Waals surface area contributed by atoms with Crippen LogP contribution >= 0.6 is 0 Å². The first-order chi connectivity index (χ1) is 14.4. The van der Waals surface area contributed by atoms with Crippen molar-refractivity contribution in [3.05, 3.63) is 35.4 Å². The number of benzene rings is 1. The number of morpholine rings is 1. The molecule has 7 heteroatoms. The molecular formula is C23H34N4O3. The number of likely N-dealkylation sites (N-methyl/N-ethyl adjacent to an activating group) is 1. The predicted molar refractivity (Wildman–Crippen MR) is 119 cm³/mol. The van der Waals surface area contributed by atoms with Crippen molar-refractivity contribution >= 4 is 11.8 Å². The summed E-state index contributed by atoms with van der Waals surface area (Å²) in [4.78, 5) is 19.2. The van der Waals surface area contributed by atoms with Gasteiger partial charge in [0.2, 0.25) is 11.8 Å².